The van der Waals surface area contributed by atoms with Gasteiger partial charge >= 0.3 is 0 Å². The fraction of sp³-hybridized carbons (Fsp3) is 0.167. The molecule has 2 aromatic rings. The molecule has 0 saturated heterocycles. The van der Waals surface area contributed by atoms with Crippen LogP contribution in [-0.4, -0.2) is 16.8 Å². The Kier molecular flexibility index (Phi) is 2.91. The van der Waals surface area contributed by atoms with E-state index in [1.165, 1.54) is 0 Å². The Balaban J connectivity index is 2.74. The average Bonchev–Trinajstić information content (AvgIpc) is 2.28. The second-order valence-electron chi connectivity index (χ2n) is 3.38. The maximum absolute atomic E-state index is 9.67. The number of halogens is 1. The van der Waals surface area contributed by atoms with E-state index in [-0.39, 0.29) is 6.61 Å². The van der Waals surface area contributed by atoms with E-state index in [1.54, 1.807) is 6.07 Å². The van der Waals surface area contributed by atoms with Crippen LogP contribution in [0, 0.1) is 0 Å². The van der Waals surface area contributed by atoms with Crippen LogP contribution in [-0.2, 0) is 0 Å². The quantitative estimate of drug-likeness (QED) is 0.820. The molecule has 2 rings (SSSR count). The molecule has 0 radical (unpaired) electrons. The third-order valence-electron chi connectivity index (χ3n) is 2.42. The monoisotopic (exact) mass is 222 g/mol. The van der Waals surface area contributed by atoms with Gasteiger partial charge in [-0.2, -0.15) is 0 Å². The summed E-state index contributed by atoms with van der Waals surface area (Å²) in [5.74, 6) is 0. The highest BCUT2D eigenvalue weighted by Crippen LogP contribution is 2.30. The van der Waals surface area contributed by atoms with Crippen LogP contribution in [0.25, 0.3) is 10.8 Å². The second kappa shape index (κ2) is 4.19. The number of aliphatic hydroxyl groups is 2. The van der Waals surface area contributed by atoms with Crippen molar-refractivity contribution in [1.82, 2.24) is 0 Å². The van der Waals surface area contributed by atoms with Gasteiger partial charge in [0.05, 0.1) is 6.61 Å². The molecule has 0 aliphatic heterocycles. The van der Waals surface area contributed by atoms with Gasteiger partial charge in [-0.15, -0.1) is 0 Å². The highest BCUT2D eigenvalue weighted by Gasteiger charge is 2.13. The standard InChI is InChI=1S/C12H11ClO2/c13-10-6-5-8-3-1-2-4-9(8)12(10)11(15)7-14/h1-6,11,14-15H,7H2/t11-/m0/s1. The lowest BCUT2D eigenvalue weighted by atomic mass is 10.0. The molecule has 0 spiro atoms. The Labute approximate surface area is 92.7 Å². The first kappa shape index (κ1) is 10.4. The zero-order valence-corrected chi connectivity index (χ0v) is 8.78. The summed E-state index contributed by atoms with van der Waals surface area (Å²) < 4.78 is 0. The van der Waals surface area contributed by atoms with Crippen LogP contribution in [0.3, 0.4) is 0 Å². The van der Waals surface area contributed by atoms with Crippen molar-refractivity contribution in [2.45, 2.75) is 6.10 Å². The normalized spacial score (nSPS) is 13.0. The molecule has 1 atom stereocenters. The average molecular weight is 223 g/mol. The van der Waals surface area contributed by atoms with E-state index in [4.69, 9.17) is 16.7 Å². The van der Waals surface area contributed by atoms with Crippen LogP contribution >= 0.6 is 11.6 Å². The fourth-order valence-electron chi connectivity index (χ4n) is 1.70. The molecule has 2 N–H and O–H groups in total. The summed E-state index contributed by atoms with van der Waals surface area (Å²) in [6, 6.07) is 11.3. The van der Waals surface area contributed by atoms with Gasteiger partial charge in [-0.05, 0) is 16.8 Å². The van der Waals surface area contributed by atoms with Gasteiger partial charge < -0.3 is 10.2 Å². The molecule has 0 fully saturated rings. The van der Waals surface area contributed by atoms with Crippen molar-refractivity contribution in [1.29, 1.82) is 0 Å². The number of fused-ring (bicyclic) bond motifs is 1. The smallest absolute Gasteiger partial charge is 0.104 e. The number of hydrogen-bond donors (Lipinski definition) is 2. The summed E-state index contributed by atoms with van der Waals surface area (Å²) >= 11 is 6.01. The van der Waals surface area contributed by atoms with Gasteiger partial charge in [0.25, 0.3) is 0 Å². The summed E-state index contributed by atoms with van der Waals surface area (Å²) in [6.07, 6.45) is -0.927. The van der Waals surface area contributed by atoms with E-state index in [9.17, 15) is 5.11 Å². The summed E-state index contributed by atoms with van der Waals surface area (Å²) in [6.45, 7) is -0.326. The highest BCUT2D eigenvalue weighted by atomic mass is 35.5. The number of benzene rings is 2. The molecule has 15 heavy (non-hydrogen) atoms. The van der Waals surface area contributed by atoms with Gasteiger partial charge in [0.2, 0.25) is 0 Å². The van der Waals surface area contributed by atoms with Crippen LogP contribution in [0.1, 0.15) is 11.7 Å². The lowest BCUT2D eigenvalue weighted by Gasteiger charge is -2.13. The first-order chi connectivity index (χ1) is 7.24. The van der Waals surface area contributed by atoms with Gasteiger partial charge in [-0.1, -0.05) is 41.9 Å². The van der Waals surface area contributed by atoms with E-state index in [1.807, 2.05) is 30.3 Å². The fourth-order valence-corrected chi connectivity index (χ4v) is 1.99. The predicted octanol–water partition coefficient (Wildman–Crippen LogP) is 2.52. The third-order valence-corrected chi connectivity index (χ3v) is 2.75. The minimum Gasteiger partial charge on any atom is -0.393 e. The number of rotatable bonds is 2. The topological polar surface area (TPSA) is 40.5 Å². The molecule has 0 aromatic heterocycles. The van der Waals surface area contributed by atoms with Crippen molar-refractivity contribution >= 4 is 22.4 Å². The molecule has 0 aliphatic carbocycles. The minimum absolute atomic E-state index is 0.326. The zero-order valence-electron chi connectivity index (χ0n) is 8.02. The van der Waals surface area contributed by atoms with Crippen molar-refractivity contribution in [3.63, 3.8) is 0 Å². The molecule has 2 aromatic carbocycles. The molecular weight excluding hydrogens is 212 g/mol. The van der Waals surface area contributed by atoms with Crippen LogP contribution in [0.15, 0.2) is 36.4 Å². The van der Waals surface area contributed by atoms with Crippen molar-refractivity contribution in [2.24, 2.45) is 0 Å². The molecule has 3 heteroatoms. The zero-order chi connectivity index (χ0) is 10.8. The summed E-state index contributed by atoms with van der Waals surface area (Å²) in [4.78, 5) is 0. The van der Waals surface area contributed by atoms with E-state index in [2.05, 4.69) is 0 Å². The Morgan fingerprint density at radius 1 is 1.13 bits per heavy atom. The Morgan fingerprint density at radius 3 is 2.60 bits per heavy atom. The van der Waals surface area contributed by atoms with Gasteiger partial charge in [-0.25, -0.2) is 0 Å². The third kappa shape index (κ3) is 1.84. The molecular formula is C12H11ClO2. The lowest BCUT2D eigenvalue weighted by molar-refractivity contribution is 0.0968. The van der Waals surface area contributed by atoms with Gasteiger partial charge in [-0.3, -0.25) is 0 Å². The minimum atomic E-state index is -0.927. The predicted molar refractivity (Wildman–Crippen MR) is 61.0 cm³/mol. The van der Waals surface area contributed by atoms with Gasteiger partial charge in [0.1, 0.15) is 6.10 Å². The van der Waals surface area contributed by atoms with Crippen molar-refractivity contribution in [3.8, 4) is 0 Å². The van der Waals surface area contributed by atoms with Crippen molar-refractivity contribution in [3.05, 3.63) is 47.0 Å². The summed E-state index contributed by atoms with van der Waals surface area (Å²) in [7, 11) is 0. The van der Waals surface area contributed by atoms with Crippen LogP contribution in [0.2, 0.25) is 5.02 Å². The maximum Gasteiger partial charge on any atom is 0.104 e. The first-order valence-electron chi connectivity index (χ1n) is 4.70. The van der Waals surface area contributed by atoms with Crippen molar-refractivity contribution in [2.75, 3.05) is 6.61 Å². The Hall–Kier alpha value is -1.09. The van der Waals surface area contributed by atoms with E-state index < -0.39 is 6.10 Å². The maximum atomic E-state index is 9.67. The van der Waals surface area contributed by atoms with E-state index in [0.29, 0.717) is 10.6 Å². The molecule has 0 bridgehead atoms. The molecule has 78 valence electrons. The molecule has 0 unspecified atom stereocenters. The molecule has 0 aliphatic rings. The van der Waals surface area contributed by atoms with E-state index >= 15 is 0 Å². The molecule has 2 nitrogen and oxygen atoms in total. The summed E-state index contributed by atoms with van der Waals surface area (Å²) in [5.41, 5.74) is 0.595. The molecule has 0 amide bonds. The first-order valence-corrected chi connectivity index (χ1v) is 5.08. The van der Waals surface area contributed by atoms with Crippen molar-refractivity contribution < 1.29 is 10.2 Å². The Bertz CT molecular complexity index is 482. The SMILES string of the molecule is OC[C@H](O)c1c(Cl)ccc2ccccc12. The van der Waals surface area contributed by atoms with Crippen LogP contribution < -0.4 is 0 Å². The second-order valence-corrected chi connectivity index (χ2v) is 3.79. The lowest BCUT2D eigenvalue weighted by Crippen LogP contribution is -2.04. The Morgan fingerprint density at radius 2 is 1.87 bits per heavy atom. The van der Waals surface area contributed by atoms with Crippen LogP contribution in [0.5, 0.6) is 0 Å². The highest BCUT2D eigenvalue weighted by molar-refractivity contribution is 6.32. The van der Waals surface area contributed by atoms with E-state index in [0.717, 1.165) is 10.8 Å². The van der Waals surface area contributed by atoms with Gasteiger partial charge in [0, 0.05) is 10.6 Å². The molecule has 0 heterocycles. The van der Waals surface area contributed by atoms with Crippen LogP contribution in [0.4, 0.5) is 0 Å². The summed E-state index contributed by atoms with van der Waals surface area (Å²) in [5, 5.41) is 21.0. The van der Waals surface area contributed by atoms with Gasteiger partial charge in [0.15, 0.2) is 0 Å². The molecule has 0 saturated carbocycles. The number of hydrogen-bond acceptors (Lipinski definition) is 2. The number of aliphatic hydroxyl groups excluding tert-OH is 2. The largest absolute Gasteiger partial charge is 0.393 e.